The molecule has 7 heteroatoms. The van der Waals surface area contributed by atoms with Gasteiger partial charge in [-0.25, -0.2) is 12.8 Å². The molecule has 2 aromatic rings. The highest BCUT2D eigenvalue weighted by molar-refractivity contribution is 8.13. The molecule has 0 bridgehead atoms. The van der Waals surface area contributed by atoms with Crippen molar-refractivity contribution in [3.05, 3.63) is 64.4 Å². The Morgan fingerprint density at radius 3 is 2.45 bits per heavy atom. The van der Waals surface area contributed by atoms with Gasteiger partial charge < -0.3 is 4.74 Å². The first-order chi connectivity index (χ1) is 10.3. The molecular formula is C15H13Cl2FO3S. The van der Waals surface area contributed by atoms with E-state index in [1.807, 2.05) is 30.3 Å². The van der Waals surface area contributed by atoms with E-state index in [1.54, 1.807) is 6.92 Å². The SMILES string of the molecule is CC(OCc1ccccc1)c1cc(Cl)cc(F)c1S(=O)(=O)Cl. The van der Waals surface area contributed by atoms with Gasteiger partial charge in [0.1, 0.15) is 10.7 Å². The summed E-state index contributed by atoms with van der Waals surface area (Å²) in [5.41, 5.74) is 1.00. The average molecular weight is 363 g/mol. The maximum absolute atomic E-state index is 13.9. The highest BCUT2D eigenvalue weighted by Gasteiger charge is 2.25. The molecule has 0 aromatic heterocycles. The van der Waals surface area contributed by atoms with Gasteiger partial charge in [0.2, 0.25) is 0 Å². The zero-order chi connectivity index (χ0) is 16.3. The lowest BCUT2D eigenvalue weighted by molar-refractivity contribution is 0.0504. The first-order valence-electron chi connectivity index (χ1n) is 6.38. The Bertz CT molecular complexity index is 764. The molecule has 2 aromatic carbocycles. The molecule has 0 aliphatic heterocycles. The van der Waals surface area contributed by atoms with Gasteiger partial charge >= 0.3 is 0 Å². The van der Waals surface area contributed by atoms with Crippen LogP contribution in [0.1, 0.15) is 24.2 Å². The van der Waals surface area contributed by atoms with Crippen molar-refractivity contribution in [2.75, 3.05) is 0 Å². The fraction of sp³-hybridized carbons (Fsp3) is 0.200. The van der Waals surface area contributed by atoms with Crippen LogP contribution in [0.2, 0.25) is 5.02 Å². The third kappa shape index (κ3) is 4.20. The molecule has 22 heavy (non-hydrogen) atoms. The van der Waals surface area contributed by atoms with E-state index in [9.17, 15) is 12.8 Å². The first kappa shape index (κ1) is 17.2. The molecule has 0 fully saturated rings. The lowest BCUT2D eigenvalue weighted by atomic mass is 10.1. The van der Waals surface area contributed by atoms with Crippen molar-refractivity contribution < 1.29 is 17.5 Å². The van der Waals surface area contributed by atoms with E-state index < -0.39 is 25.9 Å². The summed E-state index contributed by atoms with van der Waals surface area (Å²) in [5.74, 6) is -0.993. The van der Waals surface area contributed by atoms with E-state index >= 15 is 0 Å². The smallest absolute Gasteiger partial charge is 0.264 e. The van der Waals surface area contributed by atoms with Crippen molar-refractivity contribution in [1.82, 2.24) is 0 Å². The molecule has 1 unspecified atom stereocenters. The second-order valence-corrected chi connectivity index (χ2v) is 7.62. The maximum Gasteiger partial charge on any atom is 0.264 e. The Hall–Kier alpha value is -1.14. The molecule has 1 atom stereocenters. The normalized spacial score (nSPS) is 13.1. The van der Waals surface area contributed by atoms with Crippen LogP contribution in [0.15, 0.2) is 47.4 Å². The zero-order valence-electron chi connectivity index (χ0n) is 11.6. The fourth-order valence-electron chi connectivity index (χ4n) is 2.02. The topological polar surface area (TPSA) is 43.4 Å². The predicted octanol–water partition coefficient (Wildman–Crippen LogP) is 4.68. The highest BCUT2D eigenvalue weighted by Crippen LogP contribution is 2.33. The molecule has 118 valence electrons. The van der Waals surface area contributed by atoms with Crippen LogP contribution < -0.4 is 0 Å². The summed E-state index contributed by atoms with van der Waals surface area (Å²) in [6, 6.07) is 11.6. The fourth-order valence-corrected chi connectivity index (χ4v) is 3.52. The van der Waals surface area contributed by atoms with Crippen LogP contribution in [-0.4, -0.2) is 8.42 Å². The minimum Gasteiger partial charge on any atom is -0.369 e. The monoisotopic (exact) mass is 362 g/mol. The third-order valence-electron chi connectivity index (χ3n) is 3.06. The number of ether oxygens (including phenoxy) is 1. The molecule has 0 heterocycles. The lowest BCUT2D eigenvalue weighted by Crippen LogP contribution is -2.08. The molecule has 0 aliphatic carbocycles. The Morgan fingerprint density at radius 2 is 1.86 bits per heavy atom. The number of hydrogen-bond acceptors (Lipinski definition) is 3. The molecular weight excluding hydrogens is 350 g/mol. The van der Waals surface area contributed by atoms with E-state index in [2.05, 4.69) is 0 Å². The molecule has 0 spiro atoms. The van der Waals surface area contributed by atoms with Gasteiger partial charge in [0.05, 0.1) is 12.7 Å². The van der Waals surface area contributed by atoms with Crippen LogP contribution in [-0.2, 0) is 20.4 Å². The summed E-state index contributed by atoms with van der Waals surface area (Å²) in [6.07, 6.45) is -0.697. The van der Waals surface area contributed by atoms with Gasteiger partial charge in [0, 0.05) is 21.3 Å². The van der Waals surface area contributed by atoms with Crippen molar-refractivity contribution in [1.29, 1.82) is 0 Å². The maximum atomic E-state index is 13.9. The molecule has 0 aliphatic rings. The van der Waals surface area contributed by atoms with Gasteiger partial charge in [-0.05, 0) is 24.6 Å². The van der Waals surface area contributed by atoms with Crippen LogP contribution in [0.4, 0.5) is 4.39 Å². The van der Waals surface area contributed by atoms with Crippen molar-refractivity contribution in [2.45, 2.75) is 24.5 Å². The number of hydrogen-bond donors (Lipinski definition) is 0. The summed E-state index contributed by atoms with van der Waals surface area (Å²) >= 11 is 5.80. The van der Waals surface area contributed by atoms with Crippen LogP contribution >= 0.6 is 22.3 Å². The van der Waals surface area contributed by atoms with Gasteiger partial charge in [-0.15, -0.1) is 0 Å². The Balaban J connectivity index is 2.31. The number of halogens is 3. The van der Waals surface area contributed by atoms with E-state index in [4.69, 9.17) is 27.0 Å². The Labute approximate surface area is 138 Å². The molecule has 2 rings (SSSR count). The van der Waals surface area contributed by atoms with Gasteiger partial charge in [-0.3, -0.25) is 0 Å². The number of rotatable bonds is 5. The Morgan fingerprint density at radius 1 is 1.23 bits per heavy atom. The first-order valence-corrected chi connectivity index (χ1v) is 9.07. The zero-order valence-corrected chi connectivity index (χ0v) is 13.9. The summed E-state index contributed by atoms with van der Waals surface area (Å²) in [6.45, 7) is 1.86. The van der Waals surface area contributed by atoms with Crippen LogP contribution in [0.3, 0.4) is 0 Å². The van der Waals surface area contributed by atoms with Crippen molar-refractivity contribution in [3.8, 4) is 0 Å². The number of benzene rings is 2. The quantitative estimate of drug-likeness (QED) is 0.725. The van der Waals surface area contributed by atoms with Gasteiger partial charge in [0.15, 0.2) is 0 Å². The molecule has 0 N–H and O–H groups in total. The summed E-state index contributed by atoms with van der Waals surface area (Å²) < 4.78 is 42.7. The summed E-state index contributed by atoms with van der Waals surface area (Å²) in [7, 11) is 1.07. The Kier molecular flexibility index (Phi) is 5.45. The van der Waals surface area contributed by atoms with Crippen molar-refractivity contribution in [2.24, 2.45) is 0 Å². The molecule has 0 saturated carbocycles. The second-order valence-electron chi connectivity index (χ2n) is 4.68. The predicted molar refractivity (Wildman–Crippen MR) is 84.1 cm³/mol. The molecule has 0 radical (unpaired) electrons. The van der Waals surface area contributed by atoms with Crippen molar-refractivity contribution in [3.63, 3.8) is 0 Å². The minimum absolute atomic E-state index is 0.0757. The van der Waals surface area contributed by atoms with Gasteiger partial charge in [-0.2, -0.15) is 0 Å². The lowest BCUT2D eigenvalue weighted by Gasteiger charge is -2.17. The van der Waals surface area contributed by atoms with Gasteiger partial charge in [0.25, 0.3) is 9.05 Å². The van der Waals surface area contributed by atoms with Crippen molar-refractivity contribution >= 4 is 31.3 Å². The standard InChI is InChI=1S/C15H13Cl2FO3S/c1-10(21-9-11-5-3-2-4-6-11)13-7-12(16)8-14(18)15(13)22(17,19)20/h2-8,10H,9H2,1H3. The molecule has 0 saturated heterocycles. The van der Waals surface area contributed by atoms with E-state index in [0.717, 1.165) is 11.6 Å². The third-order valence-corrected chi connectivity index (χ3v) is 4.66. The molecule has 3 nitrogen and oxygen atoms in total. The van der Waals surface area contributed by atoms with Crippen LogP contribution in [0, 0.1) is 5.82 Å². The van der Waals surface area contributed by atoms with Crippen LogP contribution in [0.25, 0.3) is 0 Å². The average Bonchev–Trinajstić information content (AvgIpc) is 2.43. The summed E-state index contributed by atoms with van der Waals surface area (Å²) in [4.78, 5) is -0.598. The van der Waals surface area contributed by atoms with Crippen LogP contribution in [0.5, 0.6) is 0 Å². The van der Waals surface area contributed by atoms with E-state index in [-0.39, 0.29) is 17.2 Å². The van der Waals surface area contributed by atoms with Gasteiger partial charge in [-0.1, -0.05) is 41.9 Å². The van der Waals surface area contributed by atoms with E-state index in [1.165, 1.54) is 6.07 Å². The highest BCUT2D eigenvalue weighted by atomic mass is 35.7. The molecule has 0 amide bonds. The minimum atomic E-state index is -4.25. The second kappa shape index (κ2) is 6.96. The summed E-state index contributed by atoms with van der Waals surface area (Å²) in [5, 5.41) is 0.0757. The van der Waals surface area contributed by atoms with E-state index in [0.29, 0.717) is 0 Å². The largest absolute Gasteiger partial charge is 0.369 e.